The second kappa shape index (κ2) is 7.53. The summed E-state index contributed by atoms with van der Waals surface area (Å²) in [5.74, 6) is 0.173. The highest BCUT2D eigenvalue weighted by atomic mass is 32.2. The summed E-state index contributed by atoms with van der Waals surface area (Å²) in [7, 11) is 0. The van der Waals surface area contributed by atoms with Gasteiger partial charge in [-0.05, 0) is 39.4 Å². The molecule has 6 nitrogen and oxygen atoms in total. The molecule has 8 heteroatoms. The van der Waals surface area contributed by atoms with Crippen molar-refractivity contribution in [2.24, 2.45) is 0 Å². The number of carbonyl (C=O) groups is 2. The number of rotatable bonds is 5. The molecule has 0 aliphatic carbocycles. The summed E-state index contributed by atoms with van der Waals surface area (Å²) in [6.07, 6.45) is 1.65. The Balaban J connectivity index is 2.15. The standard InChI is InChI=1S/C15H22N2O4S2/c1-15(2,3)21-14(20)17(8-11-5-4-6-22-11)13-16-10(9-23-13)7-12(18)19/h9,11H,4-8H2,1-3H3,(H,18,19). The second-order valence-corrected chi connectivity index (χ2v) is 8.66. The molecule has 0 saturated carbocycles. The van der Waals surface area contributed by atoms with Gasteiger partial charge >= 0.3 is 12.1 Å². The largest absolute Gasteiger partial charge is 0.481 e. The Morgan fingerprint density at radius 3 is 2.78 bits per heavy atom. The molecule has 2 heterocycles. The highest BCUT2D eigenvalue weighted by Gasteiger charge is 2.29. The van der Waals surface area contributed by atoms with E-state index in [0.717, 1.165) is 18.6 Å². The molecule has 128 valence electrons. The normalized spacial score (nSPS) is 18.0. The fourth-order valence-corrected chi connectivity index (χ4v) is 4.27. The van der Waals surface area contributed by atoms with Crippen molar-refractivity contribution < 1.29 is 19.4 Å². The zero-order valence-corrected chi connectivity index (χ0v) is 15.2. The number of aliphatic carboxylic acids is 1. The van der Waals surface area contributed by atoms with Crippen molar-refractivity contribution in [3.8, 4) is 0 Å². The van der Waals surface area contributed by atoms with Crippen molar-refractivity contribution in [2.45, 2.75) is 50.9 Å². The van der Waals surface area contributed by atoms with Gasteiger partial charge in [0.15, 0.2) is 5.13 Å². The van der Waals surface area contributed by atoms with Crippen LogP contribution >= 0.6 is 23.1 Å². The molecular formula is C15H22N2O4S2. The third-order valence-electron chi connectivity index (χ3n) is 3.13. The number of carboxylic acid groups (broad SMARTS) is 1. The maximum absolute atomic E-state index is 12.5. The van der Waals surface area contributed by atoms with Crippen LogP contribution in [0.5, 0.6) is 0 Å². The van der Waals surface area contributed by atoms with E-state index in [0.29, 0.717) is 22.6 Å². The van der Waals surface area contributed by atoms with Crippen LogP contribution in [0, 0.1) is 0 Å². The van der Waals surface area contributed by atoms with Crippen LogP contribution in [-0.4, -0.2) is 45.3 Å². The number of thioether (sulfide) groups is 1. The summed E-state index contributed by atoms with van der Waals surface area (Å²) in [6, 6.07) is 0. The first-order chi connectivity index (χ1) is 10.7. The number of hydrogen-bond acceptors (Lipinski definition) is 6. The molecule has 1 fully saturated rings. The van der Waals surface area contributed by atoms with Gasteiger partial charge in [0.05, 0.1) is 12.1 Å². The maximum atomic E-state index is 12.5. The van der Waals surface area contributed by atoms with Crippen LogP contribution in [0.2, 0.25) is 0 Å². The zero-order valence-electron chi connectivity index (χ0n) is 13.6. The van der Waals surface area contributed by atoms with Crippen LogP contribution in [0.1, 0.15) is 39.3 Å². The molecule has 0 bridgehead atoms. The van der Waals surface area contributed by atoms with Gasteiger partial charge in [0.25, 0.3) is 0 Å². The van der Waals surface area contributed by atoms with Gasteiger partial charge in [-0.2, -0.15) is 11.8 Å². The van der Waals surface area contributed by atoms with Gasteiger partial charge in [0.2, 0.25) is 0 Å². The highest BCUT2D eigenvalue weighted by molar-refractivity contribution is 8.00. The van der Waals surface area contributed by atoms with Crippen molar-refractivity contribution in [3.05, 3.63) is 11.1 Å². The molecule has 1 aliphatic heterocycles. The lowest BCUT2D eigenvalue weighted by Gasteiger charge is -2.27. The van der Waals surface area contributed by atoms with Gasteiger partial charge in [-0.15, -0.1) is 11.3 Å². The van der Waals surface area contributed by atoms with Crippen LogP contribution in [0.25, 0.3) is 0 Å². The Bertz CT molecular complexity index is 562. The van der Waals surface area contributed by atoms with Crippen LogP contribution in [0.15, 0.2) is 5.38 Å². The molecule has 1 aromatic rings. The van der Waals surface area contributed by atoms with E-state index in [2.05, 4.69) is 4.98 Å². The van der Waals surface area contributed by atoms with E-state index in [4.69, 9.17) is 9.84 Å². The van der Waals surface area contributed by atoms with Crippen LogP contribution in [0.4, 0.5) is 9.93 Å². The molecule has 0 aromatic carbocycles. The summed E-state index contributed by atoms with van der Waals surface area (Å²) in [6.45, 7) is 6.01. The quantitative estimate of drug-likeness (QED) is 0.869. The molecular weight excluding hydrogens is 336 g/mol. The van der Waals surface area contributed by atoms with Gasteiger partial charge in [0, 0.05) is 17.2 Å². The number of nitrogens with zero attached hydrogens (tertiary/aromatic N) is 2. The Morgan fingerprint density at radius 1 is 1.48 bits per heavy atom. The van der Waals surface area contributed by atoms with E-state index in [1.807, 2.05) is 32.5 Å². The summed E-state index contributed by atoms with van der Waals surface area (Å²) in [4.78, 5) is 29.2. The molecule has 1 saturated heterocycles. The van der Waals surface area contributed by atoms with Crippen LogP contribution < -0.4 is 4.90 Å². The van der Waals surface area contributed by atoms with Crippen molar-refractivity contribution in [2.75, 3.05) is 17.2 Å². The predicted molar refractivity (Wildman–Crippen MR) is 92.5 cm³/mol. The van der Waals surface area contributed by atoms with Crippen LogP contribution in [-0.2, 0) is 16.0 Å². The molecule has 1 aromatic heterocycles. The van der Waals surface area contributed by atoms with E-state index in [9.17, 15) is 9.59 Å². The van der Waals surface area contributed by atoms with Gasteiger partial charge < -0.3 is 9.84 Å². The highest BCUT2D eigenvalue weighted by Crippen LogP contribution is 2.30. The number of carboxylic acids is 1. The van der Waals surface area contributed by atoms with Gasteiger partial charge in [-0.25, -0.2) is 9.78 Å². The summed E-state index contributed by atoms with van der Waals surface area (Å²) in [5.41, 5.74) is -0.121. The Morgan fingerprint density at radius 2 is 2.22 bits per heavy atom. The minimum atomic E-state index is -0.933. The summed E-state index contributed by atoms with van der Waals surface area (Å²) in [5, 5.41) is 11.4. The second-order valence-electron chi connectivity index (χ2n) is 6.42. The van der Waals surface area contributed by atoms with E-state index < -0.39 is 17.7 Å². The average molecular weight is 358 g/mol. The molecule has 1 aliphatic rings. The number of aromatic nitrogens is 1. The molecule has 1 N–H and O–H groups in total. The number of thiazole rings is 1. The van der Waals surface area contributed by atoms with E-state index >= 15 is 0 Å². The molecule has 1 unspecified atom stereocenters. The molecule has 0 spiro atoms. The fourth-order valence-electron chi connectivity index (χ4n) is 2.20. The maximum Gasteiger partial charge on any atom is 0.416 e. The Kier molecular flexibility index (Phi) is 5.91. The van der Waals surface area contributed by atoms with Gasteiger partial charge in [-0.3, -0.25) is 9.69 Å². The molecule has 2 rings (SSSR count). The number of hydrogen-bond donors (Lipinski definition) is 1. The predicted octanol–water partition coefficient (Wildman–Crippen LogP) is 3.41. The molecule has 0 radical (unpaired) electrons. The lowest BCUT2D eigenvalue weighted by Crippen LogP contribution is -2.40. The minimum absolute atomic E-state index is 0.142. The van der Waals surface area contributed by atoms with Gasteiger partial charge in [-0.1, -0.05) is 0 Å². The van der Waals surface area contributed by atoms with Gasteiger partial charge in [0.1, 0.15) is 5.60 Å². The fraction of sp³-hybridized carbons (Fsp3) is 0.667. The SMILES string of the molecule is CC(C)(C)OC(=O)N(CC1CCCS1)c1nc(CC(=O)O)cs1. The molecule has 23 heavy (non-hydrogen) atoms. The van der Waals surface area contributed by atoms with Crippen molar-refractivity contribution in [1.29, 1.82) is 0 Å². The third-order valence-corrected chi connectivity index (χ3v) is 5.42. The van der Waals surface area contributed by atoms with E-state index in [1.165, 1.54) is 11.3 Å². The summed E-state index contributed by atoms with van der Waals surface area (Å²) < 4.78 is 5.48. The van der Waals surface area contributed by atoms with E-state index in [-0.39, 0.29) is 6.42 Å². The molecule has 1 atom stereocenters. The Hall–Kier alpha value is -1.28. The number of anilines is 1. The average Bonchev–Trinajstić information content (AvgIpc) is 3.04. The van der Waals surface area contributed by atoms with Crippen molar-refractivity contribution in [1.82, 2.24) is 4.98 Å². The van der Waals surface area contributed by atoms with E-state index in [1.54, 1.807) is 10.3 Å². The smallest absolute Gasteiger partial charge is 0.416 e. The number of ether oxygens (including phenoxy) is 1. The lowest BCUT2D eigenvalue weighted by molar-refractivity contribution is -0.136. The topological polar surface area (TPSA) is 79.7 Å². The third kappa shape index (κ3) is 5.69. The first-order valence-corrected chi connectivity index (χ1v) is 9.46. The zero-order chi connectivity index (χ0) is 17.0. The Labute approximate surface area is 144 Å². The first kappa shape index (κ1) is 18.1. The molecule has 1 amide bonds. The summed E-state index contributed by atoms with van der Waals surface area (Å²) >= 11 is 3.13. The first-order valence-electron chi connectivity index (χ1n) is 7.53. The lowest BCUT2D eigenvalue weighted by atomic mass is 10.2. The van der Waals surface area contributed by atoms with Crippen molar-refractivity contribution in [3.63, 3.8) is 0 Å². The monoisotopic (exact) mass is 358 g/mol. The van der Waals surface area contributed by atoms with Crippen molar-refractivity contribution >= 4 is 40.3 Å². The number of carbonyl (C=O) groups excluding carboxylic acids is 1. The van der Waals surface area contributed by atoms with Crippen LogP contribution in [0.3, 0.4) is 0 Å². The minimum Gasteiger partial charge on any atom is -0.481 e. The number of amides is 1.